The molecule has 2 fully saturated rings. The van der Waals surface area contributed by atoms with Crippen molar-refractivity contribution in [2.75, 3.05) is 13.1 Å². The molecule has 1 saturated heterocycles. The van der Waals surface area contributed by atoms with Gasteiger partial charge >= 0.3 is 0 Å². The van der Waals surface area contributed by atoms with Gasteiger partial charge in [0, 0.05) is 35.1 Å². The van der Waals surface area contributed by atoms with Crippen molar-refractivity contribution >= 4 is 28.4 Å². The number of hydrogen-bond donors (Lipinski definition) is 1. The van der Waals surface area contributed by atoms with Crippen molar-refractivity contribution in [1.29, 1.82) is 0 Å². The molecule has 1 aliphatic heterocycles. The third-order valence-electron chi connectivity index (χ3n) is 6.30. The second kappa shape index (κ2) is 6.87. The van der Waals surface area contributed by atoms with Crippen molar-refractivity contribution in [1.82, 2.24) is 9.88 Å². The van der Waals surface area contributed by atoms with Crippen LogP contribution in [0.1, 0.15) is 23.2 Å². The van der Waals surface area contributed by atoms with Gasteiger partial charge in [-0.1, -0.05) is 48.0 Å². The van der Waals surface area contributed by atoms with Gasteiger partial charge in [-0.05, 0) is 42.9 Å². The lowest BCUT2D eigenvalue weighted by Gasteiger charge is -2.20. The van der Waals surface area contributed by atoms with Crippen LogP contribution in [0.25, 0.3) is 22.2 Å². The molecule has 2 N–H and O–H groups in total. The number of likely N-dealkylation sites (tertiary alicyclic amines) is 1. The van der Waals surface area contributed by atoms with Crippen molar-refractivity contribution in [2.24, 2.45) is 17.6 Å². The molecule has 3 unspecified atom stereocenters. The Morgan fingerprint density at radius 3 is 2.68 bits per heavy atom. The molecular formula is C23H22ClN3O. The number of carbonyl (C=O) groups is 1. The average Bonchev–Trinajstić information content (AvgIpc) is 3.29. The maximum Gasteiger partial charge on any atom is 0.254 e. The Hall–Kier alpha value is -2.43. The van der Waals surface area contributed by atoms with Crippen molar-refractivity contribution in [2.45, 2.75) is 18.9 Å². The number of carbonyl (C=O) groups excluding carboxylic acids is 1. The van der Waals surface area contributed by atoms with Crippen LogP contribution in [0.5, 0.6) is 0 Å². The second-order valence-electron chi connectivity index (χ2n) is 7.93. The lowest BCUT2D eigenvalue weighted by molar-refractivity contribution is 0.0781. The highest BCUT2D eigenvalue weighted by Gasteiger charge is 2.42. The fraction of sp³-hybridized carbons (Fsp3) is 0.304. The van der Waals surface area contributed by atoms with Gasteiger partial charge in [0.15, 0.2) is 0 Å². The number of para-hydroxylation sites is 1. The molecule has 2 aromatic carbocycles. The van der Waals surface area contributed by atoms with Crippen LogP contribution in [0.3, 0.4) is 0 Å². The second-order valence-corrected chi connectivity index (χ2v) is 8.33. The zero-order valence-electron chi connectivity index (χ0n) is 15.5. The quantitative estimate of drug-likeness (QED) is 0.705. The smallest absolute Gasteiger partial charge is 0.254 e. The highest BCUT2D eigenvalue weighted by molar-refractivity contribution is 6.33. The molecule has 2 aliphatic rings. The Balaban J connectivity index is 1.59. The van der Waals surface area contributed by atoms with Crippen molar-refractivity contribution < 1.29 is 4.79 Å². The van der Waals surface area contributed by atoms with Crippen molar-refractivity contribution in [3.05, 3.63) is 65.2 Å². The van der Waals surface area contributed by atoms with Crippen LogP contribution in [0.15, 0.2) is 54.6 Å². The number of hydrogen-bond acceptors (Lipinski definition) is 3. The summed E-state index contributed by atoms with van der Waals surface area (Å²) < 4.78 is 0. The summed E-state index contributed by atoms with van der Waals surface area (Å²) in [4.78, 5) is 20.2. The summed E-state index contributed by atoms with van der Waals surface area (Å²) in [6, 6.07) is 17.5. The zero-order valence-corrected chi connectivity index (χ0v) is 16.3. The van der Waals surface area contributed by atoms with Gasteiger partial charge in [-0.2, -0.15) is 0 Å². The first-order valence-electron chi connectivity index (χ1n) is 9.81. The van der Waals surface area contributed by atoms with Gasteiger partial charge < -0.3 is 10.6 Å². The highest BCUT2D eigenvalue weighted by Crippen LogP contribution is 2.38. The van der Waals surface area contributed by atoms with E-state index in [0.29, 0.717) is 22.4 Å². The lowest BCUT2D eigenvalue weighted by atomic mass is 9.98. The van der Waals surface area contributed by atoms with Crippen LogP contribution in [-0.4, -0.2) is 34.9 Å². The Bertz CT molecular complexity index is 1070. The molecule has 0 spiro atoms. The van der Waals surface area contributed by atoms with Gasteiger partial charge in [-0.25, -0.2) is 4.98 Å². The molecule has 3 atom stereocenters. The summed E-state index contributed by atoms with van der Waals surface area (Å²) in [7, 11) is 0. The molecule has 3 aromatic rings. The fourth-order valence-corrected chi connectivity index (χ4v) is 5.04. The number of benzene rings is 2. The molecule has 1 saturated carbocycles. The van der Waals surface area contributed by atoms with E-state index in [1.165, 1.54) is 0 Å². The minimum absolute atomic E-state index is 0.0634. The number of aromatic nitrogens is 1. The van der Waals surface area contributed by atoms with Crippen molar-refractivity contribution in [3.63, 3.8) is 0 Å². The van der Waals surface area contributed by atoms with E-state index >= 15 is 0 Å². The van der Waals surface area contributed by atoms with Gasteiger partial charge in [-0.3, -0.25) is 4.79 Å². The predicted octanol–water partition coefficient (Wildman–Crippen LogP) is 4.36. The van der Waals surface area contributed by atoms with E-state index in [-0.39, 0.29) is 11.9 Å². The van der Waals surface area contributed by atoms with Crippen LogP contribution < -0.4 is 5.73 Å². The van der Waals surface area contributed by atoms with E-state index < -0.39 is 0 Å². The lowest BCUT2D eigenvalue weighted by Crippen LogP contribution is -2.33. The van der Waals surface area contributed by atoms with Crippen LogP contribution in [-0.2, 0) is 0 Å². The molecule has 1 aliphatic carbocycles. The van der Waals surface area contributed by atoms with Gasteiger partial charge in [0.05, 0.1) is 16.8 Å². The number of nitrogens with zero attached hydrogens (tertiary/aromatic N) is 2. The minimum atomic E-state index is 0.0634. The van der Waals surface area contributed by atoms with Crippen molar-refractivity contribution in [3.8, 4) is 11.3 Å². The number of amides is 1. The SMILES string of the molecule is NC1CCC2CN(C(=O)c3cc(-c4ccccc4Cl)nc4ccccc34)CC12. The fourth-order valence-electron chi connectivity index (χ4n) is 4.80. The predicted molar refractivity (Wildman–Crippen MR) is 112 cm³/mol. The van der Waals surface area contributed by atoms with E-state index in [0.717, 1.165) is 48.1 Å². The normalized spacial score (nSPS) is 23.9. The van der Waals surface area contributed by atoms with E-state index in [1.807, 2.05) is 59.5 Å². The maximum absolute atomic E-state index is 13.5. The maximum atomic E-state index is 13.5. The Morgan fingerprint density at radius 2 is 1.86 bits per heavy atom. The number of rotatable bonds is 2. The number of fused-ring (bicyclic) bond motifs is 2. The van der Waals surface area contributed by atoms with Gasteiger partial charge in [-0.15, -0.1) is 0 Å². The van der Waals surface area contributed by atoms with Crippen LogP contribution in [0.2, 0.25) is 5.02 Å². The molecule has 0 bridgehead atoms. The van der Waals surface area contributed by atoms with Gasteiger partial charge in [0.1, 0.15) is 0 Å². The van der Waals surface area contributed by atoms with Crippen LogP contribution in [0, 0.1) is 11.8 Å². The zero-order chi connectivity index (χ0) is 19.3. The molecule has 5 heteroatoms. The summed E-state index contributed by atoms with van der Waals surface area (Å²) in [5.74, 6) is 1.03. The monoisotopic (exact) mass is 391 g/mol. The summed E-state index contributed by atoms with van der Waals surface area (Å²) in [6.07, 6.45) is 2.20. The number of halogens is 1. The molecule has 1 aromatic heterocycles. The summed E-state index contributed by atoms with van der Waals surface area (Å²) in [5.41, 5.74) is 9.32. The first-order valence-corrected chi connectivity index (χ1v) is 10.2. The molecule has 0 radical (unpaired) electrons. The molecule has 2 heterocycles. The van der Waals surface area contributed by atoms with E-state index in [9.17, 15) is 4.79 Å². The van der Waals surface area contributed by atoms with Gasteiger partial charge in [0.25, 0.3) is 5.91 Å². The molecule has 1 amide bonds. The summed E-state index contributed by atoms with van der Waals surface area (Å²) >= 11 is 6.40. The third kappa shape index (κ3) is 2.88. The largest absolute Gasteiger partial charge is 0.338 e. The third-order valence-corrected chi connectivity index (χ3v) is 6.63. The first-order chi connectivity index (χ1) is 13.6. The van der Waals surface area contributed by atoms with Gasteiger partial charge in [0.2, 0.25) is 0 Å². The van der Waals surface area contributed by atoms with Crippen LogP contribution >= 0.6 is 11.6 Å². The van der Waals surface area contributed by atoms with Crippen LogP contribution in [0.4, 0.5) is 0 Å². The minimum Gasteiger partial charge on any atom is -0.338 e. The molecule has 28 heavy (non-hydrogen) atoms. The molecule has 4 nitrogen and oxygen atoms in total. The summed E-state index contributed by atoms with van der Waals surface area (Å²) in [5, 5.41) is 1.51. The Kier molecular flexibility index (Phi) is 4.33. The number of nitrogens with two attached hydrogens (primary N) is 1. The standard InChI is InChI=1S/C23H22ClN3O/c24-19-7-3-1-6-16(19)22-11-17(15-5-2-4-8-21(15)26-22)23(28)27-12-14-9-10-20(25)18(14)13-27/h1-8,11,14,18,20H,9-10,12-13,25H2. The molecule has 142 valence electrons. The Labute approximate surface area is 169 Å². The first kappa shape index (κ1) is 17.7. The van der Waals surface area contributed by atoms with E-state index in [1.54, 1.807) is 0 Å². The molecule has 5 rings (SSSR count). The molecular weight excluding hydrogens is 370 g/mol. The number of pyridine rings is 1. The highest BCUT2D eigenvalue weighted by atomic mass is 35.5. The average molecular weight is 392 g/mol. The summed E-state index contributed by atoms with van der Waals surface area (Å²) in [6.45, 7) is 1.55. The van der Waals surface area contributed by atoms with E-state index in [4.69, 9.17) is 22.3 Å². The Morgan fingerprint density at radius 1 is 1.07 bits per heavy atom. The van der Waals surface area contributed by atoms with E-state index in [2.05, 4.69) is 0 Å². The topological polar surface area (TPSA) is 59.2 Å².